The molecule has 138 valence electrons. The predicted molar refractivity (Wildman–Crippen MR) is 101 cm³/mol. The molecule has 0 saturated heterocycles. The Labute approximate surface area is 154 Å². The Morgan fingerprint density at radius 2 is 1.85 bits per heavy atom. The van der Waals surface area contributed by atoms with Gasteiger partial charge in [0.2, 0.25) is 5.91 Å². The summed E-state index contributed by atoms with van der Waals surface area (Å²) in [5, 5.41) is 12.1. The lowest BCUT2D eigenvalue weighted by Crippen LogP contribution is -2.36. The van der Waals surface area contributed by atoms with Crippen LogP contribution in [0.5, 0.6) is 5.75 Å². The predicted octanol–water partition coefficient (Wildman–Crippen LogP) is 3.42. The minimum Gasteiger partial charge on any atom is -0.497 e. The monoisotopic (exact) mass is 355 g/mol. The molecule has 0 heterocycles. The Kier molecular flexibility index (Phi) is 6.39. The molecule has 2 rings (SSSR count). The molecule has 0 aliphatic rings. The Morgan fingerprint density at radius 1 is 1.12 bits per heavy atom. The minimum atomic E-state index is -0.972. The fraction of sp³-hybridized carbons (Fsp3) is 0.333. The molecule has 26 heavy (non-hydrogen) atoms. The van der Waals surface area contributed by atoms with E-state index in [-0.39, 0.29) is 23.3 Å². The van der Waals surface area contributed by atoms with Crippen LogP contribution in [-0.4, -0.2) is 30.6 Å². The lowest BCUT2D eigenvalue weighted by Gasteiger charge is -2.26. The number of nitrogens with one attached hydrogen (secondary N) is 1. The van der Waals surface area contributed by atoms with Gasteiger partial charge in [0.05, 0.1) is 12.7 Å². The molecule has 0 aliphatic heterocycles. The number of aromatic carboxylic acids is 1. The fourth-order valence-electron chi connectivity index (χ4n) is 2.75. The third kappa shape index (κ3) is 5.09. The Morgan fingerprint density at radius 3 is 2.54 bits per heavy atom. The first-order chi connectivity index (χ1) is 12.3. The van der Waals surface area contributed by atoms with Gasteiger partial charge < -0.3 is 15.2 Å². The first kappa shape index (κ1) is 19.5. The lowest BCUT2D eigenvalue weighted by molar-refractivity contribution is -0.121. The molecule has 0 radical (unpaired) electrons. The Bertz CT molecular complexity index is 783. The quantitative estimate of drug-likeness (QED) is 0.761. The van der Waals surface area contributed by atoms with Crippen molar-refractivity contribution in [2.75, 3.05) is 13.7 Å². The van der Waals surface area contributed by atoms with Gasteiger partial charge in [0.15, 0.2) is 0 Å². The molecule has 0 bridgehead atoms. The van der Waals surface area contributed by atoms with Crippen LogP contribution in [0.1, 0.15) is 41.8 Å². The van der Waals surface area contributed by atoms with Gasteiger partial charge in [-0.05, 0) is 35.7 Å². The molecule has 0 aliphatic carbocycles. The zero-order chi connectivity index (χ0) is 19.2. The molecule has 0 aromatic heterocycles. The second kappa shape index (κ2) is 8.52. The smallest absolute Gasteiger partial charge is 0.335 e. The third-order valence-electron chi connectivity index (χ3n) is 4.45. The van der Waals surface area contributed by atoms with Gasteiger partial charge in [-0.1, -0.05) is 44.2 Å². The first-order valence-corrected chi connectivity index (χ1v) is 8.56. The van der Waals surface area contributed by atoms with Crippen LogP contribution in [0, 0.1) is 0 Å². The molecule has 2 N–H and O–H groups in total. The average molecular weight is 355 g/mol. The maximum Gasteiger partial charge on any atom is 0.335 e. The Hall–Kier alpha value is -2.82. The van der Waals surface area contributed by atoms with E-state index in [2.05, 4.69) is 19.2 Å². The highest BCUT2D eigenvalue weighted by atomic mass is 16.5. The molecule has 1 amide bonds. The highest BCUT2D eigenvalue weighted by Gasteiger charge is 2.22. The number of carbonyl (C=O) groups excluding carboxylic acids is 1. The average Bonchev–Trinajstić information content (AvgIpc) is 2.65. The van der Waals surface area contributed by atoms with E-state index in [9.17, 15) is 14.7 Å². The summed E-state index contributed by atoms with van der Waals surface area (Å²) < 4.78 is 5.26. The van der Waals surface area contributed by atoms with E-state index in [0.717, 1.165) is 11.3 Å². The van der Waals surface area contributed by atoms with Gasteiger partial charge in [0.25, 0.3) is 0 Å². The van der Waals surface area contributed by atoms with E-state index >= 15 is 0 Å². The van der Waals surface area contributed by atoms with Crippen LogP contribution in [0.3, 0.4) is 0 Å². The standard InChI is InChI=1S/C21H25NO4/c1-21(2,16-8-6-9-17(13-16)26-3)14-22-19(23)12-11-15-7-4-5-10-18(15)20(24)25/h4-10,13H,11-12,14H2,1-3H3,(H,22,23)(H,24,25). The van der Waals surface area contributed by atoms with Crippen molar-refractivity contribution in [1.29, 1.82) is 0 Å². The van der Waals surface area contributed by atoms with Crippen molar-refractivity contribution in [2.24, 2.45) is 0 Å². The molecule has 2 aromatic carbocycles. The molecule has 0 saturated carbocycles. The molecule has 5 heteroatoms. The van der Waals surface area contributed by atoms with Crippen molar-refractivity contribution in [2.45, 2.75) is 32.1 Å². The molecule has 5 nitrogen and oxygen atoms in total. The van der Waals surface area contributed by atoms with Gasteiger partial charge in [0, 0.05) is 18.4 Å². The summed E-state index contributed by atoms with van der Waals surface area (Å²) in [6, 6.07) is 14.6. The second-order valence-corrected chi connectivity index (χ2v) is 6.85. The van der Waals surface area contributed by atoms with E-state index < -0.39 is 5.97 Å². The molecular formula is C21H25NO4. The van der Waals surface area contributed by atoms with Crippen molar-refractivity contribution >= 4 is 11.9 Å². The number of hydrogen-bond acceptors (Lipinski definition) is 3. The van der Waals surface area contributed by atoms with Crippen LogP contribution in [-0.2, 0) is 16.6 Å². The summed E-state index contributed by atoms with van der Waals surface area (Å²) in [5.41, 5.74) is 1.75. The summed E-state index contributed by atoms with van der Waals surface area (Å²) in [5.74, 6) is -0.284. The fourth-order valence-corrected chi connectivity index (χ4v) is 2.75. The highest BCUT2D eigenvalue weighted by molar-refractivity contribution is 5.89. The lowest BCUT2D eigenvalue weighted by atomic mass is 9.84. The normalized spacial score (nSPS) is 11.0. The van der Waals surface area contributed by atoms with E-state index in [1.807, 2.05) is 24.3 Å². The van der Waals surface area contributed by atoms with Crippen molar-refractivity contribution < 1.29 is 19.4 Å². The van der Waals surface area contributed by atoms with E-state index in [1.54, 1.807) is 31.4 Å². The number of amides is 1. The summed E-state index contributed by atoms with van der Waals surface area (Å²) in [4.78, 5) is 23.4. The van der Waals surface area contributed by atoms with E-state index in [0.29, 0.717) is 18.5 Å². The van der Waals surface area contributed by atoms with Crippen molar-refractivity contribution in [3.63, 3.8) is 0 Å². The van der Waals surface area contributed by atoms with Crippen LogP contribution in [0.4, 0.5) is 0 Å². The molecule has 0 unspecified atom stereocenters. The third-order valence-corrected chi connectivity index (χ3v) is 4.45. The van der Waals surface area contributed by atoms with Gasteiger partial charge in [-0.15, -0.1) is 0 Å². The zero-order valence-electron chi connectivity index (χ0n) is 15.4. The number of hydrogen-bond donors (Lipinski definition) is 2. The topological polar surface area (TPSA) is 75.6 Å². The minimum absolute atomic E-state index is 0.0961. The Balaban J connectivity index is 1.93. The van der Waals surface area contributed by atoms with Gasteiger partial charge in [-0.2, -0.15) is 0 Å². The first-order valence-electron chi connectivity index (χ1n) is 8.56. The SMILES string of the molecule is COc1cccc(C(C)(C)CNC(=O)CCc2ccccc2C(=O)O)c1. The number of carbonyl (C=O) groups is 2. The van der Waals surface area contributed by atoms with E-state index in [1.165, 1.54) is 0 Å². The van der Waals surface area contributed by atoms with Crippen LogP contribution in [0.2, 0.25) is 0 Å². The number of carboxylic acid groups (broad SMARTS) is 1. The number of carboxylic acids is 1. The van der Waals surface area contributed by atoms with E-state index in [4.69, 9.17) is 4.74 Å². The molecule has 2 aromatic rings. The largest absolute Gasteiger partial charge is 0.497 e. The second-order valence-electron chi connectivity index (χ2n) is 6.85. The summed E-state index contributed by atoms with van der Waals surface area (Å²) in [6.07, 6.45) is 0.645. The van der Waals surface area contributed by atoms with Crippen LogP contribution in [0.25, 0.3) is 0 Å². The maximum atomic E-state index is 12.2. The number of benzene rings is 2. The van der Waals surface area contributed by atoms with Gasteiger partial charge >= 0.3 is 5.97 Å². The molecular weight excluding hydrogens is 330 g/mol. The zero-order valence-corrected chi connectivity index (χ0v) is 15.4. The maximum absolute atomic E-state index is 12.2. The highest BCUT2D eigenvalue weighted by Crippen LogP contribution is 2.25. The summed E-state index contributed by atoms with van der Waals surface area (Å²) >= 11 is 0. The summed E-state index contributed by atoms with van der Waals surface area (Å²) in [7, 11) is 1.63. The van der Waals surface area contributed by atoms with Crippen LogP contribution in [0.15, 0.2) is 48.5 Å². The van der Waals surface area contributed by atoms with Crippen molar-refractivity contribution in [3.8, 4) is 5.75 Å². The molecule has 0 spiro atoms. The number of methoxy groups -OCH3 is 1. The molecule has 0 atom stereocenters. The summed E-state index contributed by atoms with van der Waals surface area (Å²) in [6.45, 7) is 4.60. The van der Waals surface area contributed by atoms with Crippen LogP contribution >= 0.6 is 0 Å². The molecule has 0 fully saturated rings. The number of rotatable bonds is 8. The number of ether oxygens (including phenoxy) is 1. The van der Waals surface area contributed by atoms with Crippen molar-refractivity contribution in [3.05, 3.63) is 65.2 Å². The van der Waals surface area contributed by atoms with Gasteiger partial charge in [-0.3, -0.25) is 4.79 Å². The number of aryl methyl sites for hydroxylation is 1. The van der Waals surface area contributed by atoms with Crippen LogP contribution < -0.4 is 10.1 Å². The van der Waals surface area contributed by atoms with Crippen molar-refractivity contribution in [1.82, 2.24) is 5.32 Å². The van der Waals surface area contributed by atoms with Gasteiger partial charge in [0.1, 0.15) is 5.75 Å². The van der Waals surface area contributed by atoms with Gasteiger partial charge in [-0.25, -0.2) is 4.79 Å².